The number of hydrogen-bond donors (Lipinski definition) is 1. The summed E-state index contributed by atoms with van der Waals surface area (Å²) in [6, 6.07) is 3.44. The van der Waals surface area contributed by atoms with Gasteiger partial charge in [0.25, 0.3) is 0 Å². The fourth-order valence-electron chi connectivity index (χ4n) is 0.861. The molecule has 0 spiro atoms. The van der Waals surface area contributed by atoms with Crippen LogP contribution in [0, 0.1) is 0 Å². The molecule has 0 aliphatic carbocycles. The number of thioether (sulfide) groups is 2. The Hall–Kier alpha value is -0.680. The van der Waals surface area contributed by atoms with Crippen LogP contribution in [0.5, 0.6) is 0 Å². The lowest BCUT2D eigenvalue weighted by Gasteiger charge is -2.00. The molecule has 0 atom stereocenters. The molecule has 0 radical (unpaired) electrons. The number of carboxylic acid groups (broad SMARTS) is 1. The highest BCUT2D eigenvalue weighted by molar-refractivity contribution is 8.02. The van der Waals surface area contributed by atoms with Crippen LogP contribution in [0.3, 0.4) is 0 Å². The van der Waals surface area contributed by atoms with E-state index in [-0.39, 0.29) is 5.69 Å². The Kier molecular flexibility index (Phi) is 4.82. The molecular weight excluding hydrogens is 218 g/mol. The lowest BCUT2D eigenvalue weighted by Crippen LogP contribution is -1.99. The van der Waals surface area contributed by atoms with Crippen molar-refractivity contribution in [2.45, 2.75) is 4.90 Å². The molecular formula is C9H11NO2S2. The monoisotopic (exact) mass is 229 g/mol. The van der Waals surface area contributed by atoms with Crippen molar-refractivity contribution in [2.24, 2.45) is 0 Å². The normalized spacial score (nSPS) is 10.1. The summed E-state index contributed by atoms with van der Waals surface area (Å²) < 4.78 is 0. The minimum atomic E-state index is -0.975. The van der Waals surface area contributed by atoms with Gasteiger partial charge in [-0.1, -0.05) is 0 Å². The van der Waals surface area contributed by atoms with Crippen molar-refractivity contribution in [3.63, 3.8) is 0 Å². The smallest absolute Gasteiger partial charge is 0.354 e. The number of carbonyl (C=O) groups is 1. The van der Waals surface area contributed by atoms with Crippen molar-refractivity contribution >= 4 is 29.5 Å². The lowest BCUT2D eigenvalue weighted by atomic mass is 10.4. The third kappa shape index (κ3) is 3.59. The van der Waals surface area contributed by atoms with Crippen LogP contribution >= 0.6 is 23.5 Å². The van der Waals surface area contributed by atoms with Gasteiger partial charge in [-0.3, -0.25) is 0 Å². The topological polar surface area (TPSA) is 50.2 Å². The third-order valence-corrected chi connectivity index (χ3v) is 3.37. The maximum absolute atomic E-state index is 10.6. The number of rotatable bonds is 5. The Morgan fingerprint density at radius 2 is 2.36 bits per heavy atom. The zero-order valence-corrected chi connectivity index (χ0v) is 9.40. The van der Waals surface area contributed by atoms with Crippen molar-refractivity contribution in [2.75, 3.05) is 17.8 Å². The molecule has 3 nitrogen and oxygen atoms in total. The molecule has 0 fully saturated rings. The molecule has 5 heteroatoms. The van der Waals surface area contributed by atoms with Crippen LogP contribution in [-0.4, -0.2) is 33.8 Å². The number of aromatic carboxylic acids is 1. The van der Waals surface area contributed by atoms with E-state index in [1.54, 1.807) is 29.6 Å². The second kappa shape index (κ2) is 5.93. The van der Waals surface area contributed by atoms with Gasteiger partial charge in [0.1, 0.15) is 5.69 Å². The summed E-state index contributed by atoms with van der Waals surface area (Å²) in [6.07, 6.45) is 3.58. The molecule has 1 heterocycles. The predicted molar refractivity (Wildman–Crippen MR) is 60.3 cm³/mol. The van der Waals surface area contributed by atoms with Crippen molar-refractivity contribution in [1.29, 1.82) is 0 Å². The molecule has 0 amide bonds. The first-order chi connectivity index (χ1) is 6.74. The molecule has 76 valence electrons. The van der Waals surface area contributed by atoms with Crippen LogP contribution in [0.25, 0.3) is 0 Å². The summed E-state index contributed by atoms with van der Waals surface area (Å²) in [7, 11) is 0. The van der Waals surface area contributed by atoms with Gasteiger partial charge in [0.15, 0.2) is 0 Å². The summed E-state index contributed by atoms with van der Waals surface area (Å²) in [6.45, 7) is 0. The van der Waals surface area contributed by atoms with E-state index < -0.39 is 5.97 Å². The molecule has 0 bridgehead atoms. The summed E-state index contributed by atoms with van der Waals surface area (Å²) in [4.78, 5) is 15.3. The summed E-state index contributed by atoms with van der Waals surface area (Å²) in [5, 5.41) is 8.70. The average Bonchev–Trinajstić information content (AvgIpc) is 2.19. The van der Waals surface area contributed by atoms with Crippen molar-refractivity contribution in [3.05, 3.63) is 24.0 Å². The highest BCUT2D eigenvalue weighted by Gasteiger charge is 2.04. The predicted octanol–water partition coefficient (Wildman–Crippen LogP) is 2.23. The number of aromatic nitrogens is 1. The Balaban J connectivity index is 2.59. The van der Waals surface area contributed by atoms with Gasteiger partial charge in [-0.15, -0.1) is 11.8 Å². The van der Waals surface area contributed by atoms with Gasteiger partial charge in [-0.2, -0.15) is 11.8 Å². The van der Waals surface area contributed by atoms with Crippen LogP contribution in [0.2, 0.25) is 0 Å². The van der Waals surface area contributed by atoms with Crippen LogP contribution in [0.15, 0.2) is 23.2 Å². The Bertz CT molecular complexity index is 317. The van der Waals surface area contributed by atoms with Crippen LogP contribution < -0.4 is 0 Å². The molecule has 1 rings (SSSR count). The van der Waals surface area contributed by atoms with Gasteiger partial charge in [0.2, 0.25) is 0 Å². The van der Waals surface area contributed by atoms with Crippen LogP contribution in [0.1, 0.15) is 10.5 Å². The van der Waals surface area contributed by atoms with Crippen molar-refractivity contribution in [3.8, 4) is 0 Å². The van der Waals surface area contributed by atoms with E-state index in [1.807, 2.05) is 6.07 Å². The van der Waals surface area contributed by atoms with Gasteiger partial charge in [-0.05, 0) is 18.4 Å². The number of hydrogen-bond acceptors (Lipinski definition) is 4. The minimum Gasteiger partial charge on any atom is -0.477 e. The Labute approximate surface area is 91.3 Å². The molecule has 1 aromatic rings. The van der Waals surface area contributed by atoms with Gasteiger partial charge >= 0.3 is 5.97 Å². The van der Waals surface area contributed by atoms with Gasteiger partial charge in [-0.25, -0.2) is 9.78 Å². The molecule has 0 aliphatic rings. The van der Waals surface area contributed by atoms with Gasteiger partial charge in [0.05, 0.1) is 0 Å². The average molecular weight is 229 g/mol. The number of carboxylic acids is 1. The van der Waals surface area contributed by atoms with E-state index in [0.717, 1.165) is 16.4 Å². The first kappa shape index (κ1) is 11.4. The zero-order valence-electron chi connectivity index (χ0n) is 7.77. The maximum Gasteiger partial charge on any atom is 0.354 e. The minimum absolute atomic E-state index is 0.110. The van der Waals surface area contributed by atoms with E-state index in [0.29, 0.717) is 0 Å². The van der Waals surface area contributed by atoms with E-state index in [1.165, 1.54) is 6.20 Å². The third-order valence-electron chi connectivity index (χ3n) is 1.51. The fraction of sp³-hybridized carbons (Fsp3) is 0.333. The second-order valence-corrected chi connectivity index (χ2v) is 4.68. The molecule has 0 unspecified atom stereocenters. The SMILES string of the molecule is CSCCSc1ccnc(C(=O)O)c1. The van der Waals surface area contributed by atoms with E-state index in [9.17, 15) is 4.79 Å². The first-order valence-corrected chi connectivity index (χ1v) is 6.43. The molecule has 0 aromatic carbocycles. The Morgan fingerprint density at radius 1 is 1.57 bits per heavy atom. The lowest BCUT2D eigenvalue weighted by molar-refractivity contribution is 0.0690. The number of pyridine rings is 1. The van der Waals surface area contributed by atoms with E-state index in [2.05, 4.69) is 11.2 Å². The summed E-state index contributed by atoms with van der Waals surface area (Å²) in [5.41, 5.74) is 0.110. The second-order valence-electron chi connectivity index (χ2n) is 2.52. The number of nitrogens with zero attached hydrogens (tertiary/aromatic N) is 1. The fourth-order valence-corrected chi connectivity index (χ4v) is 2.45. The van der Waals surface area contributed by atoms with E-state index >= 15 is 0 Å². The van der Waals surface area contributed by atoms with Crippen LogP contribution in [0.4, 0.5) is 0 Å². The quantitative estimate of drug-likeness (QED) is 0.620. The molecule has 1 aromatic heterocycles. The molecule has 0 saturated carbocycles. The largest absolute Gasteiger partial charge is 0.477 e. The van der Waals surface area contributed by atoms with Crippen molar-refractivity contribution < 1.29 is 9.90 Å². The van der Waals surface area contributed by atoms with Gasteiger partial charge in [0, 0.05) is 22.6 Å². The van der Waals surface area contributed by atoms with E-state index in [4.69, 9.17) is 5.11 Å². The van der Waals surface area contributed by atoms with Gasteiger partial charge < -0.3 is 5.11 Å². The zero-order chi connectivity index (χ0) is 10.4. The summed E-state index contributed by atoms with van der Waals surface area (Å²) >= 11 is 3.43. The molecule has 0 saturated heterocycles. The highest BCUT2D eigenvalue weighted by Crippen LogP contribution is 2.18. The van der Waals surface area contributed by atoms with Crippen LogP contribution in [-0.2, 0) is 0 Å². The highest BCUT2D eigenvalue weighted by atomic mass is 32.2. The maximum atomic E-state index is 10.6. The molecule has 14 heavy (non-hydrogen) atoms. The standard InChI is InChI=1S/C9H11NO2S2/c1-13-4-5-14-7-2-3-10-8(6-7)9(11)12/h2-3,6H,4-5H2,1H3,(H,11,12). The molecule has 1 N–H and O–H groups in total. The van der Waals surface area contributed by atoms with Crippen molar-refractivity contribution in [1.82, 2.24) is 4.98 Å². The first-order valence-electron chi connectivity index (χ1n) is 4.05. The molecule has 0 aliphatic heterocycles. The summed E-state index contributed by atoms with van der Waals surface area (Å²) in [5.74, 6) is 1.08. The Morgan fingerprint density at radius 3 is 3.00 bits per heavy atom.